The van der Waals surface area contributed by atoms with E-state index in [2.05, 4.69) is 0 Å². The van der Waals surface area contributed by atoms with E-state index in [0.717, 1.165) is 16.0 Å². The van der Waals surface area contributed by atoms with Crippen LogP contribution in [-0.4, -0.2) is 5.11 Å². The number of halogens is 2. The Morgan fingerprint density at radius 1 is 1.19 bits per heavy atom. The van der Waals surface area contributed by atoms with Crippen molar-refractivity contribution in [1.82, 2.24) is 0 Å². The van der Waals surface area contributed by atoms with Crippen molar-refractivity contribution in [3.05, 3.63) is 55.7 Å². The molecule has 0 saturated carbocycles. The number of benzene rings is 1. The van der Waals surface area contributed by atoms with E-state index in [4.69, 9.17) is 23.2 Å². The summed E-state index contributed by atoms with van der Waals surface area (Å²) in [5.41, 5.74) is 1.83. The van der Waals surface area contributed by atoms with Gasteiger partial charge >= 0.3 is 0 Å². The van der Waals surface area contributed by atoms with Gasteiger partial charge in [0.15, 0.2) is 0 Å². The third kappa shape index (κ3) is 2.58. The second-order valence-corrected chi connectivity index (χ2v) is 5.79. The van der Waals surface area contributed by atoms with Crippen LogP contribution in [0.5, 0.6) is 0 Å². The summed E-state index contributed by atoms with van der Waals surface area (Å²) in [5, 5.41) is 10.8. The fourth-order valence-corrected chi connectivity index (χ4v) is 2.94. The highest BCUT2D eigenvalue weighted by Crippen LogP contribution is 2.32. The lowest BCUT2D eigenvalue weighted by Gasteiger charge is -2.10. The molecule has 2 aromatic rings. The van der Waals surface area contributed by atoms with Crippen molar-refractivity contribution in [3.8, 4) is 0 Å². The fourth-order valence-electron chi connectivity index (χ4n) is 1.56. The van der Waals surface area contributed by atoms with Gasteiger partial charge in [0.1, 0.15) is 6.10 Å². The number of aliphatic hydroxyl groups excluding tert-OH is 1. The van der Waals surface area contributed by atoms with Crippen molar-refractivity contribution in [2.75, 3.05) is 0 Å². The molecule has 0 aliphatic heterocycles. The first-order valence-corrected chi connectivity index (χ1v) is 6.34. The van der Waals surface area contributed by atoms with Crippen LogP contribution < -0.4 is 0 Å². The second-order valence-electron chi connectivity index (χ2n) is 3.61. The standard InChI is InChI=1S/C12H10Cl2OS/c1-7-4-8(6-9(13)5-7)12(15)10-2-3-11(14)16-10/h2-6,12,15H,1H3. The van der Waals surface area contributed by atoms with Gasteiger partial charge in [-0.25, -0.2) is 0 Å². The molecule has 4 heteroatoms. The van der Waals surface area contributed by atoms with E-state index in [1.807, 2.05) is 25.1 Å². The molecule has 1 aromatic heterocycles. The van der Waals surface area contributed by atoms with Gasteiger partial charge in [-0.15, -0.1) is 11.3 Å². The highest BCUT2D eigenvalue weighted by atomic mass is 35.5. The van der Waals surface area contributed by atoms with E-state index in [9.17, 15) is 5.11 Å². The van der Waals surface area contributed by atoms with Crippen LogP contribution in [0, 0.1) is 6.92 Å². The summed E-state index contributed by atoms with van der Waals surface area (Å²) in [6.07, 6.45) is -0.658. The molecule has 0 aliphatic carbocycles. The van der Waals surface area contributed by atoms with E-state index in [1.165, 1.54) is 11.3 Å². The summed E-state index contributed by atoms with van der Waals surface area (Å²) in [4.78, 5) is 0.826. The van der Waals surface area contributed by atoms with E-state index < -0.39 is 6.10 Å². The summed E-state index contributed by atoms with van der Waals surface area (Å²) in [6.45, 7) is 1.95. The average Bonchev–Trinajstić information content (AvgIpc) is 2.62. The van der Waals surface area contributed by atoms with Gasteiger partial charge in [-0.2, -0.15) is 0 Å². The van der Waals surface area contributed by atoms with Crippen LogP contribution in [0.1, 0.15) is 22.1 Å². The van der Waals surface area contributed by atoms with Crippen molar-refractivity contribution in [2.24, 2.45) is 0 Å². The van der Waals surface area contributed by atoms with Crippen molar-refractivity contribution >= 4 is 34.5 Å². The highest BCUT2D eigenvalue weighted by Gasteiger charge is 2.13. The summed E-state index contributed by atoms with van der Waals surface area (Å²) in [7, 11) is 0. The molecule has 1 atom stereocenters. The molecular weight excluding hydrogens is 263 g/mol. The minimum atomic E-state index is -0.658. The lowest BCUT2D eigenvalue weighted by atomic mass is 10.1. The molecule has 0 bridgehead atoms. The van der Waals surface area contributed by atoms with Gasteiger partial charge in [-0.05, 0) is 42.3 Å². The van der Waals surface area contributed by atoms with Crippen LogP contribution in [0.25, 0.3) is 0 Å². The van der Waals surface area contributed by atoms with Crippen LogP contribution in [0.3, 0.4) is 0 Å². The maximum absolute atomic E-state index is 10.1. The molecule has 1 aromatic carbocycles. The molecule has 0 fully saturated rings. The quantitative estimate of drug-likeness (QED) is 0.857. The Labute approximate surface area is 108 Å². The normalized spacial score (nSPS) is 12.8. The fraction of sp³-hybridized carbons (Fsp3) is 0.167. The number of hydrogen-bond donors (Lipinski definition) is 1. The predicted octanol–water partition coefficient (Wildman–Crippen LogP) is 4.45. The van der Waals surface area contributed by atoms with E-state index in [-0.39, 0.29) is 0 Å². The molecule has 1 N–H and O–H groups in total. The summed E-state index contributed by atoms with van der Waals surface area (Å²) in [5.74, 6) is 0. The minimum absolute atomic E-state index is 0.636. The Morgan fingerprint density at radius 3 is 2.50 bits per heavy atom. The third-order valence-electron chi connectivity index (χ3n) is 2.24. The molecule has 1 unspecified atom stereocenters. The number of aliphatic hydroxyl groups is 1. The van der Waals surface area contributed by atoms with Gasteiger partial charge in [0.25, 0.3) is 0 Å². The Kier molecular flexibility index (Phi) is 3.55. The Balaban J connectivity index is 2.37. The number of hydrogen-bond acceptors (Lipinski definition) is 2. The van der Waals surface area contributed by atoms with Crippen LogP contribution in [0.2, 0.25) is 9.36 Å². The molecule has 1 heterocycles. The number of rotatable bonds is 2. The van der Waals surface area contributed by atoms with Gasteiger partial charge in [-0.1, -0.05) is 29.3 Å². The molecule has 16 heavy (non-hydrogen) atoms. The Hall–Kier alpha value is -0.540. The summed E-state index contributed by atoms with van der Waals surface area (Å²) >= 11 is 13.2. The van der Waals surface area contributed by atoms with Crippen LogP contribution >= 0.6 is 34.5 Å². The zero-order valence-corrected chi connectivity index (χ0v) is 10.9. The molecule has 2 rings (SSSR count). The molecular formula is C12H10Cl2OS. The SMILES string of the molecule is Cc1cc(Cl)cc(C(O)c2ccc(Cl)s2)c1. The maximum atomic E-state index is 10.1. The molecule has 1 nitrogen and oxygen atoms in total. The topological polar surface area (TPSA) is 20.2 Å². The van der Waals surface area contributed by atoms with Crippen molar-refractivity contribution in [2.45, 2.75) is 13.0 Å². The van der Waals surface area contributed by atoms with E-state index >= 15 is 0 Å². The zero-order valence-electron chi connectivity index (χ0n) is 8.58. The van der Waals surface area contributed by atoms with Gasteiger partial charge in [0.05, 0.1) is 4.34 Å². The third-order valence-corrected chi connectivity index (χ3v) is 3.75. The molecule has 0 aliphatic rings. The molecule has 0 spiro atoms. The summed E-state index contributed by atoms with van der Waals surface area (Å²) < 4.78 is 0.674. The largest absolute Gasteiger partial charge is 0.383 e. The monoisotopic (exact) mass is 272 g/mol. The van der Waals surface area contributed by atoms with Crippen LogP contribution in [0.15, 0.2) is 30.3 Å². The van der Waals surface area contributed by atoms with Crippen molar-refractivity contribution in [1.29, 1.82) is 0 Å². The first-order chi connectivity index (χ1) is 7.56. The van der Waals surface area contributed by atoms with E-state index in [1.54, 1.807) is 12.1 Å². The van der Waals surface area contributed by atoms with Crippen molar-refractivity contribution < 1.29 is 5.11 Å². The molecule has 84 valence electrons. The average molecular weight is 273 g/mol. The van der Waals surface area contributed by atoms with Crippen LogP contribution in [0.4, 0.5) is 0 Å². The number of thiophene rings is 1. The zero-order chi connectivity index (χ0) is 11.7. The molecule has 0 saturated heterocycles. The smallest absolute Gasteiger partial charge is 0.113 e. The summed E-state index contributed by atoms with van der Waals surface area (Å²) in [6, 6.07) is 9.16. The Bertz CT molecular complexity index is 487. The van der Waals surface area contributed by atoms with E-state index in [0.29, 0.717) is 9.36 Å². The van der Waals surface area contributed by atoms with Crippen molar-refractivity contribution in [3.63, 3.8) is 0 Å². The Morgan fingerprint density at radius 2 is 1.94 bits per heavy atom. The first kappa shape index (κ1) is 11.9. The molecule has 0 amide bonds. The lowest BCUT2D eigenvalue weighted by molar-refractivity contribution is 0.224. The predicted molar refractivity (Wildman–Crippen MR) is 69.6 cm³/mol. The van der Waals surface area contributed by atoms with Gasteiger partial charge in [0.2, 0.25) is 0 Å². The second kappa shape index (κ2) is 4.76. The first-order valence-electron chi connectivity index (χ1n) is 4.76. The van der Waals surface area contributed by atoms with Gasteiger partial charge in [-0.3, -0.25) is 0 Å². The van der Waals surface area contributed by atoms with Gasteiger partial charge < -0.3 is 5.11 Å². The number of aryl methyl sites for hydroxylation is 1. The van der Waals surface area contributed by atoms with Gasteiger partial charge in [0, 0.05) is 9.90 Å². The highest BCUT2D eigenvalue weighted by molar-refractivity contribution is 7.16. The van der Waals surface area contributed by atoms with Crippen LogP contribution in [-0.2, 0) is 0 Å². The minimum Gasteiger partial charge on any atom is -0.383 e. The maximum Gasteiger partial charge on any atom is 0.113 e. The lowest BCUT2D eigenvalue weighted by Crippen LogP contribution is -1.97. The molecule has 0 radical (unpaired) electrons.